The Kier molecular flexibility index (Phi) is 8.11. The zero-order valence-electron chi connectivity index (χ0n) is 23.0. The first kappa shape index (κ1) is 28.1. The van der Waals surface area contributed by atoms with Gasteiger partial charge in [0.2, 0.25) is 16.0 Å². The number of benzene rings is 2. The Hall–Kier alpha value is -3.48. The van der Waals surface area contributed by atoms with Crippen LogP contribution in [0.1, 0.15) is 33.6 Å². The topological polar surface area (TPSA) is 123 Å². The molecule has 2 aromatic carbocycles. The SMILES string of the molecule is CC(C)(C)OC(=O)N1CCCC(Oc2ccc3cnc(Nc4ccc(S(=O)(=O)N5CCOCC5)cc4)nc3c2)C1. The van der Waals surface area contributed by atoms with Gasteiger partial charge < -0.3 is 24.4 Å². The first-order valence-electron chi connectivity index (χ1n) is 13.4. The maximum absolute atomic E-state index is 12.9. The third-order valence-electron chi connectivity index (χ3n) is 6.61. The molecule has 3 heterocycles. The van der Waals surface area contributed by atoms with E-state index in [0.29, 0.717) is 62.3 Å². The van der Waals surface area contributed by atoms with Crippen LogP contribution in [0.4, 0.5) is 16.4 Å². The summed E-state index contributed by atoms with van der Waals surface area (Å²) in [5.74, 6) is 1.04. The quantitative estimate of drug-likeness (QED) is 0.466. The molecule has 2 fully saturated rings. The average Bonchev–Trinajstić information content (AvgIpc) is 2.93. The van der Waals surface area contributed by atoms with Crippen LogP contribution in [0.2, 0.25) is 0 Å². The number of aromatic nitrogens is 2. The maximum Gasteiger partial charge on any atom is 0.410 e. The van der Waals surface area contributed by atoms with Gasteiger partial charge in [0.1, 0.15) is 17.5 Å². The molecular weight excluding hydrogens is 534 g/mol. The standard InChI is InChI=1S/C28H35N5O6S/c1-28(2,3)39-27(34)32-12-4-5-23(19-32)38-22-9-6-20-18-29-26(31-25(20)17-22)30-21-7-10-24(11-8-21)40(35,36)33-13-15-37-16-14-33/h6-11,17-18,23H,4-5,12-16,19H2,1-3H3,(H,29,30,31). The number of morpholine rings is 1. The molecule has 214 valence electrons. The van der Waals surface area contributed by atoms with E-state index in [9.17, 15) is 13.2 Å². The van der Waals surface area contributed by atoms with E-state index >= 15 is 0 Å². The summed E-state index contributed by atoms with van der Waals surface area (Å²) < 4.78 is 44.2. The molecule has 0 saturated carbocycles. The number of nitrogens with zero attached hydrogens (tertiary/aromatic N) is 4. The average molecular weight is 570 g/mol. The lowest BCUT2D eigenvalue weighted by molar-refractivity contribution is 0.00777. The zero-order valence-corrected chi connectivity index (χ0v) is 23.8. The molecule has 11 nitrogen and oxygen atoms in total. The first-order valence-corrected chi connectivity index (χ1v) is 14.9. The highest BCUT2D eigenvalue weighted by Crippen LogP contribution is 2.25. The summed E-state index contributed by atoms with van der Waals surface area (Å²) in [6.45, 7) is 8.17. The third kappa shape index (κ3) is 6.80. The van der Waals surface area contributed by atoms with Gasteiger partial charge in [-0.25, -0.2) is 23.2 Å². The van der Waals surface area contributed by atoms with Crippen molar-refractivity contribution in [1.29, 1.82) is 0 Å². The number of hydrogen-bond donors (Lipinski definition) is 1. The number of piperidine rings is 1. The second-order valence-electron chi connectivity index (χ2n) is 10.9. The van der Waals surface area contributed by atoms with Crippen molar-refractivity contribution >= 4 is 38.7 Å². The molecule has 2 saturated heterocycles. The van der Waals surface area contributed by atoms with E-state index in [0.717, 1.165) is 18.2 Å². The number of carbonyl (C=O) groups excluding carboxylic acids is 1. The highest BCUT2D eigenvalue weighted by molar-refractivity contribution is 7.89. The van der Waals surface area contributed by atoms with Gasteiger partial charge in [-0.3, -0.25) is 0 Å². The lowest BCUT2D eigenvalue weighted by Crippen LogP contribution is -2.46. The second-order valence-corrected chi connectivity index (χ2v) is 12.8. The Labute approximate surface area is 234 Å². The van der Waals surface area contributed by atoms with Crippen molar-refractivity contribution in [1.82, 2.24) is 19.2 Å². The molecule has 0 bridgehead atoms. The summed E-state index contributed by atoms with van der Waals surface area (Å²) in [5.41, 5.74) is 0.815. The number of fused-ring (bicyclic) bond motifs is 1. The van der Waals surface area contributed by atoms with Crippen LogP contribution in [0.15, 0.2) is 53.6 Å². The minimum Gasteiger partial charge on any atom is -0.489 e. The van der Waals surface area contributed by atoms with Crippen molar-refractivity contribution in [3.05, 3.63) is 48.7 Å². The molecular formula is C28H35N5O6S. The number of carbonyl (C=O) groups is 1. The molecule has 1 unspecified atom stereocenters. The molecule has 12 heteroatoms. The van der Waals surface area contributed by atoms with Gasteiger partial charge in [0.25, 0.3) is 0 Å². The van der Waals surface area contributed by atoms with Gasteiger partial charge in [-0.2, -0.15) is 4.31 Å². The monoisotopic (exact) mass is 569 g/mol. The zero-order chi connectivity index (χ0) is 28.3. The molecule has 5 rings (SSSR count). The van der Waals surface area contributed by atoms with Crippen molar-refractivity contribution < 1.29 is 27.4 Å². The molecule has 1 atom stereocenters. The summed E-state index contributed by atoms with van der Waals surface area (Å²) in [6.07, 6.45) is 2.92. The summed E-state index contributed by atoms with van der Waals surface area (Å²) in [4.78, 5) is 23.4. The number of rotatable bonds is 6. The summed E-state index contributed by atoms with van der Waals surface area (Å²) >= 11 is 0. The minimum atomic E-state index is -3.56. The molecule has 1 amide bonds. The Bertz CT molecular complexity index is 1450. The predicted molar refractivity (Wildman–Crippen MR) is 150 cm³/mol. The van der Waals surface area contributed by atoms with Crippen molar-refractivity contribution in [3.8, 4) is 5.75 Å². The van der Waals surface area contributed by atoms with Gasteiger partial charge in [0.05, 0.1) is 30.2 Å². The van der Waals surface area contributed by atoms with Gasteiger partial charge in [-0.1, -0.05) is 0 Å². The van der Waals surface area contributed by atoms with Crippen molar-refractivity contribution in [2.24, 2.45) is 0 Å². The lowest BCUT2D eigenvalue weighted by Gasteiger charge is -2.34. The molecule has 0 spiro atoms. The fourth-order valence-electron chi connectivity index (χ4n) is 4.63. The predicted octanol–water partition coefficient (Wildman–Crippen LogP) is 4.17. The molecule has 40 heavy (non-hydrogen) atoms. The van der Waals surface area contributed by atoms with Crippen molar-refractivity contribution in [2.75, 3.05) is 44.7 Å². The van der Waals surface area contributed by atoms with Crippen molar-refractivity contribution in [3.63, 3.8) is 0 Å². The molecule has 2 aliphatic rings. The van der Waals surface area contributed by atoms with E-state index in [1.807, 2.05) is 39.0 Å². The van der Waals surface area contributed by atoms with Crippen LogP contribution < -0.4 is 10.1 Å². The normalized spacial score (nSPS) is 18.9. The molecule has 2 aliphatic heterocycles. The van der Waals surface area contributed by atoms with E-state index in [1.165, 1.54) is 4.31 Å². The van der Waals surface area contributed by atoms with Gasteiger partial charge >= 0.3 is 6.09 Å². The van der Waals surface area contributed by atoms with Crippen LogP contribution in [0.3, 0.4) is 0 Å². The number of likely N-dealkylation sites (tertiary alicyclic amines) is 1. The maximum atomic E-state index is 12.9. The Balaban J connectivity index is 1.24. The van der Waals surface area contributed by atoms with Gasteiger partial charge in [0, 0.05) is 43.0 Å². The minimum absolute atomic E-state index is 0.148. The largest absolute Gasteiger partial charge is 0.489 e. The highest BCUT2D eigenvalue weighted by Gasteiger charge is 2.29. The molecule has 0 aliphatic carbocycles. The van der Waals surface area contributed by atoms with Crippen LogP contribution in [0.5, 0.6) is 5.75 Å². The summed E-state index contributed by atoms with van der Waals surface area (Å²) in [6, 6.07) is 12.2. The fourth-order valence-corrected chi connectivity index (χ4v) is 6.04. The fraction of sp³-hybridized carbons (Fsp3) is 0.464. The summed E-state index contributed by atoms with van der Waals surface area (Å²) in [7, 11) is -3.56. The van der Waals surface area contributed by atoms with E-state index in [4.69, 9.17) is 14.2 Å². The van der Waals surface area contributed by atoms with E-state index in [1.54, 1.807) is 35.4 Å². The van der Waals surface area contributed by atoms with Crippen LogP contribution >= 0.6 is 0 Å². The smallest absolute Gasteiger partial charge is 0.410 e. The number of hydrogen-bond acceptors (Lipinski definition) is 9. The van der Waals surface area contributed by atoms with Gasteiger partial charge in [-0.05, 0) is 70.0 Å². The van der Waals surface area contributed by atoms with Crippen LogP contribution in [0.25, 0.3) is 10.9 Å². The van der Waals surface area contributed by atoms with Crippen LogP contribution in [-0.4, -0.2) is 84.8 Å². The third-order valence-corrected chi connectivity index (χ3v) is 8.52. The summed E-state index contributed by atoms with van der Waals surface area (Å²) in [5, 5.41) is 3.99. The lowest BCUT2D eigenvalue weighted by atomic mass is 10.1. The van der Waals surface area contributed by atoms with Gasteiger partial charge in [0.15, 0.2) is 0 Å². The van der Waals surface area contributed by atoms with Gasteiger partial charge in [-0.15, -0.1) is 0 Å². The molecule has 1 aromatic heterocycles. The van der Waals surface area contributed by atoms with E-state index in [-0.39, 0.29) is 17.1 Å². The number of amides is 1. The first-order chi connectivity index (χ1) is 19.1. The Morgan fingerprint density at radius 2 is 1.82 bits per heavy atom. The molecule has 1 N–H and O–H groups in total. The van der Waals surface area contributed by atoms with Crippen molar-refractivity contribution in [2.45, 2.75) is 50.2 Å². The van der Waals surface area contributed by atoms with Crippen LogP contribution in [0, 0.1) is 0 Å². The number of nitrogens with one attached hydrogen (secondary N) is 1. The molecule has 3 aromatic rings. The number of anilines is 2. The number of sulfonamides is 1. The second kappa shape index (κ2) is 11.6. The Morgan fingerprint density at radius 3 is 2.55 bits per heavy atom. The number of ether oxygens (including phenoxy) is 3. The molecule has 0 radical (unpaired) electrons. The Morgan fingerprint density at radius 1 is 1.07 bits per heavy atom. The van der Waals surface area contributed by atoms with E-state index < -0.39 is 15.6 Å². The van der Waals surface area contributed by atoms with Crippen LogP contribution in [-0.2, 0) is 19.5 Å². The van der Waals surface area contributed by atoms with E-state index in [2.05, 4.69) is 15.3 Å². The highest BCUT2D eigenvalue weighted by atomic mass is 32.2.